The van der Waals surface area contributed by atoms with Gasteiger partial charge in [-0.15, -0.1) is 4.28 Å². The molecular weight excluding hydrogens is 666 g/mol. The highest BCUT2D eigenvalue weighted by molar-refractivity contribution is 7.98. The lowest BCUT2D eigenvalue weighted by molar-refractivity contribution is -0.116. The zero-order valence-electron chi connectivity index (χ0n) is 28.2. The van der Waals surface area contributed by atoms with Crippen molar-refractivity contribution in [1.29, 1.82) is 0 Å². The molecule has 0 radical (unpaired) electrons. The molecule has 2 heterocycles. The van der Waals surface area contributed by atoms with Gasteiger partial charge in [0, 0.05) is 5.57 Å². The first-order valence-electron chi connectivity index (χ1n) is 15.6. The summed E-state index contributed by atoms with van der Waals surface area (Å²) in [5.41, 5.74) is 5.41. The number of hydrogen-bond acceptors (Lipinski definition) is 6. The van der Waals surface area contributed by atoms with Crippen LogP contribution in [-0.2, 0) is 23.9 Å². The molecule has 256 valence electrons. The Hall–Kier alpha value is -3.64. The maximum Gasteiger partial charge on any atom is 0.418 e. The molecule has 5 rings (SSSR count). The summed E-state index contributed by atoms with van der Waals surface area (Å²) in [4.78, 5) is 25.6. The van der Waals surface area contributed by atoms with Crippen LogP contribution in [0.3, 0.4) is 0 Å². The molecule has 2 bridgehead atoms. The van der Waals surface area contributed by atoms with E-state index in [0.717, 1.165) is 0 Å². The van der Waals surface area contributed by atoms with Crippen molar-refractivity contribution in [2.45, 2.75) is 57.9 Å². The molecule has 2 atom stereocenters. The van der Waals surface area contributed by atoms with Crippen LogP contribution in [0.25, 0.3) is 0 Å². The van der Waals surface area contributed by atoms with Gasteiger partial charge in [-0.05, 0) is 67.5 Å². The molecule has 3 aromatic rings. The van der Waals surface area contributed by atoms with Crippen LogP contribution in [0.1, 0.15) is 27.7 Å². The van der Waals surface area contributed by atoms with Gasteiger partial charge in [0.25, 0.3) is 0 Å². The van der Waals surface area contributed by atoms with Crippen molar-refractivity contribution in [1.82, 2.24) is 9.96 Å². The van der Waals surface area contributed by atoms with Crippen LogP contribution in [0.4, 0.5) is 4.79 Å². The third-order valence-electron chi connectivity index (χ3n) is 8.96. The van der Waals surface area contributed by atoms with Crippen molar-refractivity contribution in [3.05, 3.63) is 115 Å². The molecule has 2 aliphatic rings. The number of benzene rings is 3. The highest BCUT2D eigenvalue weighted by atomic mass is 32.3. The predicted octanol–water partition coefficient (Wildman–Crippen LogP) is 5.16. The van der Waals surface area contributed by atoms with Crippen molar-refractivity contribution in [2.24, 2.45) is 5.73 Å². The zero-order valence-corrected chi connectivity index (χ0v) is 30.9. The van der Waals surface area contributed by atoms with Crippen molar-refractivity contribution < 1.29 is 31.3 Å². The van der Waals surface area contributed by atoms with Gasteiger partial charge >= 0.3 is 16.4 Å². The maximum absolute atomic E-state index is 12.5. The number of nitrogens with two attached hydrogens (primary N) is 1. The average Bonchev–Trinajstić information content (AvgIpc) is 3.29. The number of amides is 3. The predicted molar refractivity (Wildman–Crippen MR) is 195 cm³/mol. The molecule has 0 aromatic heterocycles. The third-order valence-corrected chi connectivity index (χ3v) is 17.9. The first-order chi connectivity index (χ1) is 22.5. The summed E-state index contributed by atoms with van der Waals surface area (Å²) in [6.07, 6.45) is 3.69. The molecule has 1 fully saturated rings. The summed E-state index contributed by atoms with van der Waals surface area (Å²) in [6, 6.07) is 30.2. The number of hydroxylamine groups is 2. The van der Waals surface area contributed by atoms with Gasteiger partial charge in [0.05, 0.1) is 25.0 Å². The Balaban J connectivity index is 0.000000219. The first kappa shape index (κ1) is 37.2. The number of carbonyl (C=O) groups is 2. The number of hydrogen-bond donors (Lipinski definition) is 2. The lowest BCUT2D eigenvalue weighted by Gasteiger charge is -2.38. The fraction of sp³-hybridized carbons (Fsp3) is 0.314. The molecule has 0 unspecified atom stereocenters. The number of carbonyl (C=O) groups excluding carboxylic acids is 2. The molecule has 3 amide bonds. The van der Waals surface area contributed by atoms with Crippen LogP contribution in [0.2, 0.25) is 18.1 Å². The van der Waals surface area contributed by atoms with Gasteiger partial charge in [0.15, 0.2) is 8.32 Å². The topological polar surface area (TPSA) is 139 Å². The van der Waals surface area contributed by atoms with Crippen molar-refractivity contribution in [3.63, 3.8) is 0 Å². The van der Waals surface area contributed by atoms with Crippen LogP contribution < -0.4 is 21.6 Å². The second-order valence-corrected chi connectivity index (χ2v) is 22.2. The molecule has 2 aliphatic heterocycles. The fourth-order valence-electron chi connectivity index (χ4n) is 5.51. The minimum absolute atomic E-state index is 0.00859. The van der Waals surface area contributed by atoms with E-state index in [0.29, 0.717) is 5.06 Å². The van der Waals surface area contributed by atoms with Gasteiger partial charge in [-0.25, -0.2) is 4.79 Å². The van der Waals surface area contributed by atoms with E-state index in [-0.39, 0.29) is 23.8 Å². The number of fused-ring (bicyclic) bond motifs is 2. The number of nitrogens with zero attached hydrogens (tertiary/aromatic N) is 2. The van der Waals surface area contributed by atoms with Crippen LogP contribution in [0.15, 0.2) is 115 Å². The average molecular weight is 711 g/mol. The Bertz CT molecular complexity index is 1650. The largest absolute Gasteiger partial charge is 0.418 e. The fourth-order valence-corrected chi connectivity index (χ4v) is 10.7. The highest BCUT2D eigenvalue weighted by Gasteiger charge is 2.50. The van der Waals surface area contributed by atoms with Gasteiger partial charge in [0.2, 0.25) is 5.91 Å². The minimum Gasteiger partial charge on any atom is -0.414 e. The Morgan fingerprint density at radius 2 is 1.42 bits per heavy atom. The van der Waals surface area contributed by atoms with E-state index < -0.39 is 50.0 Å². The zero-order chi connectivity index (χ0) is 35.3. The van der Waals surface area contributed by atoms with E-state index in [1.807, 2.05) is 0 Å². The lowest BCUT2D eigenvalue weighted by Crippen LogP contribution is -2.48. The van der Waals surface area contributed by atoms with Crippen LogP contribution in [0.5, 0.6) is 0 Å². The summed E-state index contributed by atoms with van der Waals surface area (Å²) in [7, 11) is -8.77. The highest BCUT2D eigenvalue weighted by Crippen LogP contribution is 2.56. The second kappa shape index (κ2) is 14.9. The van der Waals surface area contributed by atoms with E-state index in [4.69, 9.17) is 14.7 Å². The molecule has 13 heteroatoms. The SMILES string of the molecule is C/C=C/[P+](c1ccccc1)(c1ccccc1)c1ccccc1.CC(C)(C)[Si](C)(C)OC[C@@H]1C=C(C(N)=O)[C@@H]2CN1C(=O)N2OS(=O)(=O)O. The van der Waals surface area contributed by atoms with E-state index in [2.05, 4.69) is 148 Å². The summed E-state index contributed by atoms with van der Waals surface area (Å²) in [5, 5.41) is 4.59. The van der Waals surface area contributed by atoms with Crippen LogP contribution in [-0.4, -0.2) is 68.4 Å². The molecule has 0 aliphatic carbocycles. The molecule has 48 heavy (non-hydrogen) atoms. The normalized spacial score (nSPS) is 18.4. The molecule has 0 spiro atoms. The van der Waals surface area contributed by atoms with E-state index in [9.17, 15) is 18.0 Å². The number of allylic oxidation sites excluding steroid dienone is 1. The summed E-state index contributed by atoms with van der Waals surface area (Å²) in [5.74, 6) is 1.61. The standard InChI is InChI=1S/C21H20P.C14H25N3O7SSi/c1-2-18-22(19-12-6-3-7-13-19,20-14-8-4-9-15-20)21-16-10-5-11-17-21;1-14(2,3)26(4,5)23-8-9-6-10(12(15)18)11-7-16(9)13(19)17(11)24-25(20,21)22/h2-18H,1H3;6,9,11H,7-8H2,1-5H3,(H2,15,18)(H,20,21,22)/q+1;/b18-2+;/t;9-,11-/m.0/s1. The minimum atomic E-state index is -4.93. The molecule has 3 aromatic carbocycles. The van der Waals surface area contributed by atoms with Crippen molar-refractivity contribution in [2.75, 3.05) is 13.2 Å². The number of rotatable bonds is 10. The summed E-state index contributed by atoms with van der Waals surface area (Å²) < 4.78 is 41.4. The summed E-state index contributed by atoms with van der Waals surface area (Å²) >= 11 is 0. The number of urea groups is 1. The molecule has 0 saturated carbocycles. The smallest absolute Gasteiger partial charge is 0.414 e. The quantitative estimate of drug-likeness (QED) is 0.169. The molecule has 1 saturated heterocycles. The van der Waals surface area contributed by atoms with Crippen LogP contribution >= 0.6 is 7.26 Å². The van der Waals surface area contributed by atoms with E-state index >= 15 is 0 Å². The van der Waals surface area contributed by atoms with Gasteiger partial charge in [0.1, 0.15) is 29.2 Å². The monoisotopic (exact) mass is 710 g/mol. The Labute approximate surface area is 285 Å². The summed E-state index contributed by atoms with van der Waals surface area (Å²) in [6.45, 7) is 12.6. The second-order valence-electron chi connectivity index (χ2n) is 13.1. The van der Waals surface area contributed by atoms with Gasteiger partial charge in [-0.2, -0.15) is 13.5 Å². The lowest BCUT2D eigenvalue weighted by atomic mass is 10.00. The first-order valence-corrected chi connectivity index (χ1v) is 21.8. The van der Waals surface area contributed by atoms with Crippen LogP contribution in [0, 0.1) is 0 Å². The number of primary amides is 1. The molecule has 10 nitrogen and oxygen atoms in total. The van der Waals surface area contributed by atoms with E-state index in [1.165, 1.54) is 26.9 Å². The Morgan fingerprint density at radius 1 is 0.958 bits per heavy atom. The van der Waals surface area contributed by atoms with Gasteiger partial charge < -0.3 is 15.1 Å². The van der Waals surface area contributed by atoms with Crippen molar-refractivity contribution >= 4 is 53.8 Å². The Kier molecular flexibility index (Phi) is 11.5. The molecular formula is C35H45N3O7PSSi+. The third kappa shape index (κ3) is 8.14. The Morgan fingerprint density at radius 3 is 1.79 bits per heavy atom. The van der Waals surface area contributed by atoms with Gasteiger partial charge in [-0.3, -0.25) is 9.35 Å². The molecule has 3 N–H and O–H groups in total. The van der Waals surface area contributed by atoms with Crippen molar-refractivity contribution in [3.8, 4) is 0 Å². The maximum atomic E-state index is 12.5. The van der Waals surface area contributed by atoms with E-state index in [1.54, 1.807) is 0 Å². The van der Waals surface area contributed by atoms with Gasteiger partial charge in [-0.1, -0.05) is 81.4 Å².